The zero-order valence-electron chi connectivity index (χ0n) is 12.1. The third-order valence-electron chi connectivity index (χ3n) is 3.58. The molecule has 1 saturated carbocycles. The van der Waals surface area contributed by atoms with E-state index >= 15 is 0 Å². The van der Waals surface area contributed by atoms with Crippen LogP contribution in [0, 0.1) is 11.8 Å². The quantitative estimate of drug-likeness (QED) is 0.552. The molecule has 1 fully saturated rings. The lowest BCUT2D eigenvalue weighted by Crippen LogP contribution is -2.45. The number of aliphatic imine (C=N–C) groups is 1. The molecule has 1 aliphatic rings. The fourth-order valence-corrected chi connectivity index (χ4v) is 1.96. The Morgan fingerprint density at radius 2 is 2.00 bits per heavy atom. The second kappa shape index (κ2) is 6.87. The Bertz CT molecular complexity index is 248. The molecule has 1 rings (SSSR count). The van der Waals surface area contributed by atoms with Crippen molar-refractivity contribution in [2.24, 2.45) is 16.8 Å². The molecule has 0 amide bonds. The SMILES string of the molecule is CCCC1CC1NC(=NCC)NC(C)C(C)C. The van der Waals surface area contributed by atoms with Crippen LogP contribution in [-0.4, -0.2) is 24.6 Å². The highest BCUT2D eigenvalue weighted by Crippen LogP contribution is 2.34. The van der Waals surface area contributed by atoms with Gasteiger partial charge in [-0.05, 0) is 38.5 Å². The van der Waals surface area contributed by atoms with Gasteiger partial charge in [0, 0.05) is 18.6 Å². The number of hydrogen-bond acceptors (Lipinski definition) is 1. The van der Waals surface area contributed by atoms with E-state index in [0.29, 0.717) is 18.0 Å². The van der Waals surface area contributed by atoms with Gasteiger partial charge in [0.25, 0.3) is 0 Å². The predicted octanol–water partition coefficient (Wildman–Crippen LogP) is 2.77. The molecule has 17 heavy (non-hydrogen) atoms. The molecule has 0 aliphatic heterocycles. The molecule has 0 spiro atoms. The zero-order chi connectivity index (χ0) is 12.8. The molecule has 0 aromatic heterocycles. The molecule has 2 N–H and O–H groups in total. The van der Waals surface area contributed by atoms with Crippen molar-refractivity contribution in [1.82, 2.24) is 10.6 Å². The van der Waals surface area contributed by atoms with Crippen LogP contribution in [0.5, 0.6) is 0 Å². The van der Waals surface area contributed by atoms with Crippen molar-refractivity contribution >= 4 is 5.96 Å². The summed E-state index contributed by atoms with van der Waals surface area (Å²) in [5, 5.41) is 7.04. The molecule has 0 bridgehead atoms. The van der Waals surface area contributed by atoms with Gasteiger partial charge in [-0.25, -0.2) is 0 Å². The van der Waals surface area contributed by atoms with Crippen molar-refractivity contribution in [3.05, 3.63) is 0 Å². The van der Waals surface area contributed by atoms with Gasteiger partial charge in [0.2, 0.25) is 0 Å². The molecule has 3 nitrogen and oxygen atoms in total. The van der Waals surface area contributed by atoms with E-state index in [1.807, 2.05) is 0 Å². The Morgan fingerprint density at radius 1 is 1.29 bits per heavy atom. The van der Waals surface area contributed by atoms with Crippen LogP contribution >= 0.6 is 0 Å². The predicted molar refractivity (Wildman–Crippen MR) is 75.4 cm³/mol. The van der Waals surface area contributed by atoms with Gasteiger partial charge >= 0.3 is 0 Å². The summed E-state index contributed by atoms with van der Waals surface area (Å²) < 4.78 is 0. The lowest BCUT2D eigenvalue weighted by atomic mass is 10.1. The number of guanidine groups is 1. The Hall–Kier alpha value is -0.730. The van der Waals surface area contributed by atoms with Gasteiger partial charge < -0.3 is 10.6 Å². The van der Waals surface area contributed by atoms with Crippen molar-refractivity contribution in [2.75, 3.05) is 6.54 Å². The number of nitrogens with one attached hydrogen (secondary N) is 2. The van der Waals surface area contributed by atoms with Gasteiger partial charge in [0.15, 0.2) is 5.96 Å². The molecule has 3 heteroatoms. The van der Waals surface area contributed by atoms with E-state index < -0.39 is 0 Å². The van der Waals surface area contributed by atoms with Gasteiger partial charge in [-0.3, -0.25) is 4.99 Å². The molecule has 0 heterocycles. The number of rotatable bonds is 6. The van der Waals surface area contributed by atoms with Crippen molar-refractivity contribution in [3.63, 3.8) is 0 Å². The van der Waals surface area contributed by atoms with E-state index in [0.717, 1.165) is 18.4 Å². The van der Waals surface area contributed by atoms with Crippen molar-refractivity contribution in [2.45, 2.75) is 66.0 Å². The van der Waals surface area contributed by atoms with Crippen LogP contribution in [0.4, 0.5) is 0 Å². The molecular formula is C14H29N3. The molecule has 0 saturated heterocycles. The summed E-state index contributed by atoms with van der Waals surface area (Å²) in [4.78, 5) is 4.52. The molecule has 1 aliphatic carbocycles. The molecule has 3 atom stereocenters. The van der Waals surface area contributed by atoms with Crippen LogP contribution < -0.4 is 10.6 Å². The molecular weight excluding hydrogens is 210 g/mol. The second-order valence-electron chi connectivity index (χ2n) is 5.54. The fraction of sp³-hybridized carbons (Fsp3) is 0.929. The van der Waals surface area contributed by atoms with Crippen LogP contribution in [0.15, 0.2) is 4.99 Å². The minimum atomic E-state index is 0.469. The lowest BCUT2D eigenvalue weighted by molar-refractivity contribution is 0.479. The summed E-state index contributed by atoms with van der Waals surface area (Å²) in [6, 6.07) is 1.13. The minimum absolute atomic E-state index is 0.469. The van der Waals surface area contributed by atoms with E-state index in [1.165, 1.54) is 19.3 Å². The largest absolute Gasteiger partial charge is 0.354 e. The molecule has 0 aromatic carbocycles. The third-order valence-corrected chi connectivity index (χ3v) is 3.58. The van der Waals surface area contributed by atoms with E-state index in [9.17, 15) is 0 Å². The summed E-state index contributed by atoms with van der Waals surface area (Å²) in [5.74, 6) is 2.50. The molecule has 0 radical (unpaired) electrons. The maximum Gasteiger partial charge on any atom is 0.191 e. The van der Waals surface area contributed by atoms with E-state index in [1.54, 1.807) is 0 Å². The monoisotopic (exact) mass is 239 g/mol. The van der Waals surface area contributed by atoms with E-state index in [4.69, 9.17) is 0 Å². The van der Waals surface area contributed by atoms with Crippen molar-refractivity contribution < 1.29 is 0 Å². The maximum absolute atomic E-state index is 4.52. The Labute approximate surface area is 106 Å². The highest BCUT2D eigenvalue weighted by atomic mass is 15.2. The number of nitrogens with zero attached hydrogens (tertiary/aromatic N) is 1. The summed E-state index contributed by atoms with van der Waals surface area (Å²) in [6.45, 7) is 11.9. The Balaban J connectivity index is 2.37. The average Bonchev–Trinajstić information content (AvgIpc) is 2.97. The van der Waals surface area contributed by atoms with Crippen LogP contribution in [-0.2, 0) is 0 Å². The van der Waals surface area contributed by atoms with Gasteiger partial charge in [-0.2, -0.15) is 0 Å². The standard InChI is InChI=1S/C14H29N3/c1-6-8-12-9-13(12)17-14(15-7-2)16-11(5)10(3)4/h10-13H,6-9H2,1-5H3,(H2,15,16,17). The minimum Gasteiger partial charge on any atom is -0.354 e. The first-order valence-corrected chi connectivity index (χ1v) is 7.15. The first-order chi connectivity index (χ1) is 8.08. The van der Waals surface area contributed by atoms with E-state index in [2.05, 4.69) is 50.2 Å². The first kappa shape index (κ1) is 14.3. The topological polar surface area (TPSA) is 36.4 Å². The van der Waals surface area contributed by atoms with E-state index in [-0.39, 0.29) is 0 Å². The summed E-state index contributed by atoms with van der Waals surface area (Å²) in [5.41, 5.74) is 0. The summed E-state index contributed by atoms with van der Waals surface area (Å²) in [6.07, 6.45) is 3.95. The Morgan fingerprint density at radius 3 is 2.53 bits per heavy atom. The van der Waals surface area contributed by atoms with Gasteiger partial charge in [0.1, 0.15) is 0 Å². The molecule has 100 valence electrons. The average molecular weight is 239 g/mol. The third kappa shape index (κ3) is 4.97. The maximum atomic E-state index is 4.52. The Kier molecular flexibility index (Phi) is 5.79. The van der Waals surface area contributed by atoms with Crippen molar-refractivity contribution in [1.29, 1.82) is 0 Å². The molecule has 3 unspecified atom stereocenters. The van der Waals surface area contributed by atoms with Crippen LogP contribution in [0.1, 0.15) is 53.9 Å². The normalized spacial score (nSPS) is 25.9. The summed E-state index contributed by atoms with van der Waals surface area (Å²) in [7, 11) is 0. The number of hydrogen-bond donors (Lipinski definition) is 2. The van der Waals surface area contributed by atoms with Crippen LogP contribution in [0.2, 0.25) is 0 Å². The summed E-state index contributed by atoms with van der Waals surface area (Å²) >= 11 is 0. The highest BCUT2D eigenvalue weighted by Gasteiger charge is 2.36. The highest BCUT2D eigenvalue weighted by molar-refractivity contribution is 5.80. The second-order valence-corrected chi connectivity index (χ2v) is 5.54. The van der Waals surface area contributed by atoms with Crippen LogP contribution in [0.25, 0.3) is 0 Å². The van der Waals surface area contributed by atoms with Crippen LogP contribution in [0.3, 0.4) is 0 Å². The van der Waals surface area contributed by atoms with Gasteiger partial charge in [0.05, 0.1) is 0 Å². The molecule has 0 aromatic rings. The first-order valence-electron chi connectivity index (χ1n) is 7.15. The van der Waals surface area contributed by atoms with Gasteiger partial charge in [-0.1, -0.05) is 27.2 Å². The lowest BCUT2D eigenvalue weighted by Gasteiger charge is -2.21. The van der Waals surface area contributed by atoms with Gasteiger partial charge in [-0.15, -0.1) is 0 Å². The fourth-order valence-electron chi connectivity index (χ4n) is 1.96. The smallest absolute Gasteiger partial charge is 0.191 e. The zero-order valence-corrected chi connectivity index (χ0v) is 12.1. The van der Waals surface area contributed by atoms with Crippen molar-refractivity contribution in [3.8, 4) is 0 Å².